The number of likely N-dealkylation sites (N-methyl/N-ethyl adjacent to an activating group) is 1. The van der Waals surface area contributed by atoms with Crippen molar-refractivity contribution in [2.75, 3.05) is 27.7 Å². The number of amides is 1. The van der Waals surface area contributed by atoms with Crippen LogP contribution in [-0.4, -0.2) is 44.6 Å². The highest BCUT2D eigenvalue weighted by Crippen LogP contribution is 2.41. The number of carbonyl (C=O) groups is 1. The SMILES string of the molecule is COc1cccc(C(CNC(=O)C2CC3CCCC(C2)C3N)N(C)C)c1.Cl.Cl. The van der Waals surface area contributed by atoms with Crippen LogP contribution in [0.2, 0.25) is 0 Å². The number of fused-ring (bicyclic) bond motifs is 2. The lowest BCUT2D eigenvalue weighted by molar-refractivity contribution is -0.128. The Balaban J connectivity index is 0.00000196. The third kappa shape index (κ3) is 5.76. The van der Waals surface area contributed by atoms with Crippen LogP contribution in [0.1, 0.15) is 43.7 Å². The predicted octanol–water partition coefficient (Wildman–Crippen LogP) is 3.41. The molecule has 1 amide bonds. The highest BCUT2D eigenvalue weighted by Gasteiger charge is 2.40. The highest BCUT2D eigenvalue weighted by atomic mass is 35.5. The first-order valence-corrected chi connectivity index (χ1v) is 9.83. The van der Waals surface area contributed by atoms with E-state index in [9.17, 15) is 4.79 Å². The maximum Gasteiger partial charge on any atom is 0.223 e. The van der Waals surface area contributed by atoms with Crippen molar-refractivity contribution in [2.45, 2.75) is 44.2 Å². The van der Waals surface area contributed by atoms with Gasteiger partial charge in [0.1, 0.15) is 5.75 Å². The van der Waals surface area contributed by atoms with Gasteiger partial charge in [-0.05, 0) is 69.3 Å². The average Bonchev–Trinajstić information content (AvgIpc) is 2.61. The number of nitrogens with one attached hydrogen (secondary N) is 1. The summed E-state index contributed by atoms with van der Waals surface area (Å²) < 4.78 is 5.34. The molecule has 2 saturated carbocycles. The summed E-state index contributed by atoms with van der Waals surface area (Å²) in [5, 5.41) is 3.21. The predicted molar refractivity (Wildman–Crippen MR) is 118 cm³/mol. The zero-order valence-corrected chi connectivity index (χ0v) is 18.7. The fourth-order valence-corrected chi connectivity index (χ4v) is 4.79. The van der Waals surface area contributed by atoms with E-state index in [1.54, 1.807) is 7.11 Å². The summed E-state index contributed by atoms with van der Waals surface area (Å²) in [6.07, 6.45) is 5.55. The van der Waals surface area contributed by atoms with E-state index in [2.05, 4.69) is 16.3 Å². The lowest BCUT2D eigenvalue weighted by atomic mass is 9.65. The molecular weight excluding hydrogens is 397 g/mol. The summed E-state index contributed by atoms with van der Waals surface area (Å²) in [7, 11) is 5.76. The van der Waals surface area contributed by atoms with Crippen molar-refractivity contribution < 1.29 is 9.53 Å². The first-order valence-electron chi connectivity index (χ1n) is 9.83. The highest BCUT2D eigenvalue weighted by molar-refractivity contribution is 5.85. The number of nitrogens with two attached hydrogens (primary N) is 1. The molecule has 2 fully saturated rings. The summed E-state index contributed by atoms with van der Waals surface area (Å²) in [6.45, 7) is 0.608. The maximum atomic E-state index is 12.8. The zero-order chi connectivity index (χ0) is 18.7. The summed E-state index contributed by atoms with van der Waals surface area (Å²) in [4.78, 5) is 15.0. The Kier molecular flexibility index (Phi) is 10.1. The van der Waals surface area contributed by atoms with Crippen LogP contribution in [0.3, 0.4) is 0 Å². The monoisotopic (exact) mass is 431 g/mol. The second-order valence-electron chi connectivity index (χ2n) is 8.20. The van der Waals surface area contributed by atoms with Gasteiger partial charge in [0.15, 0.2) is 0 Å². The molecule has 0 spiro atoms. The molecule has 0 saturated heterocycles. The van der Waals surface area contributed by atoms with Gasteiger partial charge in [0.25, 0.3) is 0 Å². The molecule has 5 nitrogen and oxygen atoms in total. The molecule has 0 heterocycles. The maximum absolute atomic E-state index is 12.8. The topological polar surface area (TPSA) is 67.6 Å². The van der Waals surface area contributed by atoms with E-state index >= 15 is 0 Å². The molecule has 0 aromatic heterocycles. The first-order chi connectivity index (χ1) is 12.5. The van der Waals surface area contributed by atoms with Gasteiger partial charge in [0.2, 0.25) is 5.91 Å². The molecule has 3 N–H and O–H groups in total. The van der Waals surface area contributed by atoms with Crippen molar-refractivity contribution in [1.82, 2.24) is 10.2 Å². The lowest BCUT2D eigenvalue weighted by Crippen LogP contribution is -2.49. The number of hydrogen-bond donors (Lipinski definition) is 2. The Hall–Kier alpha value is -1.01. The number of carbonyl (C=O) groups excluding carboxylic acids is 1. The second-order valence-corrected chi connectivity index (χ2v) is 8.20. The second kappa shape index (κ2) is 11.2. The van der Waals surface area contributed by atoms with Crippen molar-refractivity contribution in [3.63, 3.8) is 0 Å². The van der Waals surface area contributed by atoms with Gasteiger partial charge in [-0.25, -0.2) is 0 Å². The molecule has 0 radical (unpaired) electrons. The number of benzene rings is 1. The minimum Gasteiger partial charge on any atom is -0.497 e. The van der Waals surface area contributed by atoms with Crippen molar-refractivity contribution in [3.05, 3.63) is 29.8 Å². The van der Waals surface area contributed by atoms with Gasteiger partial charge in [0.05, 0.1) is 13.2 Å². The molecule has 1 aromatic rings. The van der Waals surface area contributed by atoms with Crippen LogP contribution < -0.4 is 15.8 Å². The van der Waals surface area contributed by atoms with Gasteiger partial charge < -0.3 is 20.7 Å². The van der Waals surface area contributed by atoms with E-state index in [0.29, 0.717) is 24.4 Å². The number of hydrogen-bond acceptors (Lipinski definition) is 4. The van der Waals surface area contributed by atoms with Crippen LogP contribution in [0.25, 0.3) is 0 Å². The van der Waals surface area contributed by atoms with Crippen LogP contribution in [-0.2, 0) is 4.79 Å². The fourth-order valence-electron chi connectivity index (χ4n) is 4.79. The first kappa shape index (κ1) is 25.0. The van der Waals surface area contributed by atoms with Crippen molar-refractivity contribution in [3.8, 4) is 5.75 Å². The minimum atomic E-state index is 0. The quantitative estimate of drug-likeness (QED) is 0.723. The standard InChI is InChI=1S/C21H33N3O2.2ClH/c1-24(2)19(14-6-5-9-18(12-14)26-3)13-23-21(25)17-10-15-7-4-8-16(11-17)20(15)22;;/h5-6,9,12,15-17,19-20H,4,7-8,10-11,13,22H2,1-3H3,(H,23,25);2*1H. The van der Waals surface area contributed by atoms with Crippen LogP contribution in [0.5, 0.6) is 5.75 Å². The molecule has 3 atom stereocenters. The van der Waals surface area contributed by atoms with Crippen molar-refractivity contribution in [2.24, 2.45) is 23.5 Å². The molecule has 2 bridgehead atoms. The molecular formula is C21H35Cl2N3O2. The smallest absolute Gasteiger partial charge is 0.223 e. The van der Waals surface area contributed by atoms with Gasteiger partial charge in [-0.2, -0.15) is 0 Å². The third-order valence-electron chi connectivity index (χ3n) is 6.36. The molecule has 1 aromatic carbocycles. The van der Waals surface area contributed by atoms with E-state index in [4.69, 9.17) is 10.5 Å². The Labute approximate surface area is 181 Å². The molecule has 2 aliphatic rings. The van der Waals surface area contributed by atoms with E-state index < -0.39 is 0 Å². The van der Waals surface area contributed by atoms with Crippen LogP contribution >= 0.6 is 24.8 Å². The third-order valence-corrected chi connectivity index (χ3v) is 6.36. The summed E-state index contributed by atoms with van der Waals surface area (Å²) in [6, 6.07) is 8.50. The largest absolute Gasteiger partial charge is 0.497 e. The summed E-state index contributed by atoms with van der Waals surface area (Å²) >= 11 is 0. The molecule has 3 unspecified atom stereocenters. The van der Waals surface area contributed by atoms with Gasteiger partial charge in [0, 0.05) is 18.5 Å². The lowest BCUT2D eigenvalue weighted by Gasteiger charge is -2.43. The van der Waals surface area contributed by atoms with Gasteiger partial charge in [-0.1, -0.05) is 18.6 Å². The van der Waals surface area contributed by atoms with Crippen molar-refractivity contribution in [1.29, 1.82) is 0 Å². The van der Waals surface area contributed by atoms with E-state index in [1.165, 1.54) is 19.3 Å². The van der Waals surface area contributed by atoms with Gasteiger partial charge >= 0.3 is 0 Å². The fraction of sp³-hybridized carbons (Fsp3) is 0.667. The minimum absolute atomic E-state index is 0. The van der Waals surface area contributed by atoms with Crippen LogP contribution in [0, 0.1) is 17.8 Å². The zero-order valence-electron chi connectivity index (χ0n) is 17.1. The molecule has 2 aliphatic carbocycles. The summed E-state index contributed by atoms with van der Waals surface area (Å²) in [5.74, 6) is 2.22. The summed E-state index contributed by atoms with van der Waals surface area (Å²) in [5.41, 5.74) is 7.51. The Morgan fingerprint density at radius 3 is 2.46 bits per heavy atom. The number of halogens is 2. The molecule has 160 valence electrons. The van der Waals surface area contributed by atoms with Gasteiger partial charge in [-0.3, -0.25) is 4.79 Å². The molecule has 3 rings (SSSR count). The van der Waals surface area contributed by atoms with Crippen molar-refractivity contribution >= 4 is 30.7 Å². The van der Waals surface area contributed by atoms with E-state index in [-0.39, 0.29) is 42.7 Å². The van der Waals surface area contributed by atoms with Crippen LogP contribution in [0.15, 0.2) is 24.3 Å². The normalized spacial score (nSPS) is 27.2. The van der Waals surface area contributed by atoms with Crippen LogP contribution in [0.4, 0.5) is 0 Å². The Morgan fingerprint density at radius 2 is 1.89 bits per heavy atom. The van der Waals surface area contributed by atoms with Gasteiger partial charge in [-0.15, -0.1) is 24.8 Å². The number of ether oxygens (including phenoxy) is 1. The number of rotatable bonds is 6. The van der Waals surface area contributed by atoms with E-state index in [1.807, 2.05) is 32.3 Å². The molecule has 7 heteroatoms. The van der Waals surface area contributed by atoms with E-state index in [0.717, 1.165) is 24.2 Å². The number of nitrogens with zero attached hydrogens (tertiary/aromatic N) is 1. The molecule has 0 aliphatic heterocycles. The number of methoxy groups -OCH3 is 1. The molecule has 28 heavy (non-hydrogen) atoms. The average molecular weight is 432 g/mol. The Bertz CT molecular complexity index is 615. The Morgan fingerprint density at radius 1 is 1.25 bits per heavy atom.